The molecule has 1 aliphatic carbocycles. The number of rotatable bonds is 6. The molecule has 3 N–H and O–H groups in total. The van der Waals surface area contributed by atoms with Crippen LogP contribution in [0.5, 0.6) is 0 Å². The number of hydrogen-bond donors (Lipinski definition) is 3. The molecule has 0 spiro atoms. The third-order valence-corrected chi connectivity index (χ3v) is 3.78. The van der Waals surface area contributed by atoms with Gasteiger partial charge in [0.05, 0.1) is 6.04 Å². The van der Waals surface area contributed by atoms with Crippen LogP contribution >= 0.6 is 0 Å². The van der Waals surface area contributed by atoms with Gasteiger partial charge < -0.3 is 15.7 Å². The molecular weight excluding hydrogens is 268 g/mol. The van der Waals surface area contributed by atoms with Crippen molar-refractivity contribution < 1.29 is 14.7 Å². The summed E-state index contributed by atoms with van der Waals surface area (Å²) in [4.78, 5) is 22.3. The fourth-order valence-corrected chi connectivity index (χ4v) is 2.72. The van der Waals surface area contributed by atoms with Gasteiger partial charge in [0.25, 0.3) is 0 Å². The molecule has 1 aromatic carbocycles. The van der Waals surface area contributed by atoms with Gasteiger partial charge in [-0.05, 0) is 43.2 Å². The summed E-state index contributed by atoms with van der Waals surface area (Å²) >= 11 is 0. The summed E-state index contributed by atoms with van der Waals surface area (Å²) in [6.07, 6.45) is 4.54. The smallest absolute Gasteiger partial charge is 0.315 e. The van der Waals surface area contributed by atoms with E-state index in [0.29, 0.717) is 19.4 Å². The molecule has 0 saturated heterocycles. The minimum absolute atomic E-state index is 0.0777. The Balaban J connectivity index is 1.75. The van der Waals surface area contributed by atoms with Crippen molar-refractivity contribution in [3.05, 3.63) is 35.4 Å². The van der Waals surface area contributed by atoms with Crippen LogP contribution in [0.25, 0.3) is 0 Å². The molecule has 1 aliphatic rings. The maximum absolute atomic E-state index is 11.9. The second-order valence-electron chi connectivity index (χ2n) is 5.39. The highest BCUT2D eigenvalue weighted by molar-refractivity contribution is 5.74. The van der Waals surface area contributed by atoms with E-state index in [0.717, 1.165) is 19.3 Å². The first-order chi connectivity index (χ1) is 10.2. The van der Waals surface area contributed by atoms with Crippen LogP contribution in [0, 0.1) is 0 Å². The largest absolute Gasteiger partial charge is 0.481 e. The number of carbonyl (C=O) groups excluding carboxylic acids is 1. The van der Waals surface area contributed by atoms with Crippen LogP contribution in [0.3, 0.4) is 0 Å². The maximum atomic E-state index is 11.9. The zero-order valence-electron chi connectivity index (χ0n) is 12.1. The Morgan fingerprint density at radius 1 is 1.24 bits per heavy atom. The zero-order valence-corrected chi connectivity index (χ0v) is 12.1. The molecule has 5 nitrogen and oxygen atoms in total. The number of hydrogen-bond acceptors (Lipinski definition) is 2. The van der Waals surface area contributed by atoms with Gasteiger partial charge in [-0.2, -0.15) is 0 Å². The predicted octanol–water partition coefficient (Wildman–Crippen LogP) is 2.62. The molecule has 0 heterocycles. The van der Waals surface area contributed by atoms with E-state index in [9.17, 15) is 9.59 Å². The number of unbranched alkanes of at least 4 members (excludes halogenated alkanes) is 1. The van der Waals surface area contributed by atoms with Crippen LogP contribution in [0.4, 0.5) is 4.79 Å². The number of nitrogens with one attached hydrogen (secondary N) is 2. The number of carbonyl (C=O) groups is 2. The highest BCUT2D eigenvalue weighted by atomic mass is 16.4. The molecule has 1 aromatic rings. The first-order valence-corrected chi connectivity index (χ1v) is 7.51. The van der Waals surface area contributed by atoms with Crippen molar-refractivity contribution in [3.8, 4) is 0 Å². The van der Waals surface area contributed by atoms with Crippen LogP contribution in [-0.4, -0.2) is 23.7 Å². The Morgan fingerprint density at radius 2 is 2.05 bits per heavy atom. The highest BCUT2D eigenvalue weighted by Gasteiger charge is 2.20. The monoisotopic (exact) mass is 290 g/mol. The molecule has 0 radical (unpaired) electrons. The Bertz CT molecular complexity index is 502. The van der Waals surface area contributed by atoms with Crippen LogP contribution in [0.1, 0.15) is 49.3 Å². The van der Waals surface area contributed by atoms with Gasteiger partial charge in [-0.25, -0.2) is 4.79 Å². The van der Waals surface area contributed by atoms with Gasteiger partial charge in [-0.15, -0.1) is 0 Å². The van der Waals surface area contributed by atoms with Crippen molar-refractivity contribution in [1.82, 2.24) is 10.6 Å². The number of aliphatic carboxylic acids is 1. The third-order valence-electron chi connectivity index (χ3n) is 3.78. The molecule has 2 rings (SSSR count). The third kappa shape index (κ3) is 4.77. The fourth-order valence-electron chi connectivity index (χ4n) is 2.72. The van der Waals surface area contributed by atoms with Crippen LogP contribution in [-0.2, 0) is 11.2 Å². The van der Waals surface area contributed by atoms with Crippen molar-refractivity contribution in [2.75, 3.05) is 6.54 Å². The number of aryl methyl sites for hydroxylation is 1. The lowest BCUT2D eigenvalue weighted by Gasteiger charge is -2.26. The summed E-state index contributed by atoms with van der Waals surface area (Å²) in [6.45, 7) is 0.507. The van der Waals surface area contributed by atoms with Crippen LogP contribution in [0.15, 0.2) is 24.3 Å². The summed E-state index contributed by atoms with van der Waals surface area (Å²) in [6, 6.07) is 8.13. The second-order valence-corrected chi connectivity index (χ2v) is 5.39. The van der Waals surface area contributed by atoms with E-state index in [4.69, 9.17) is 5.11 Å². The van der Waals surface area contributed by atoms with Gasteiger partial charge in [0, 0.05) is 13.0 Å². The first kappa shape index (κ1) is 15.4. The summed E-state index contributed by atoms with van der Waals surface area (Å²) in [5, 5.41) is 14.3. The van der Waals surface area contributed by atoms with Crippen molar-refractivity contribution in [1.29, 1.82) is 0 Å². The molecule has 0 aliphatic heterocycles. The second kappa shape index (κ2) is 7.67. The van der Waals surface area contributed by atoms with Crippen LogP contribution in [0.2, 0.25) is 0 Å². The molecule has 1 atom stereocenters. The Morgan fingerprint density at radius 3 is 2.86 bits per heavy atom. The number of amides is 2. The topological polar surface area (TPSA) is 78.4 Å². The molecule has 1 unspecified atom stereocenters. The zero-order chi connectivity index (χ0) is 15.1. The summed E-state index contributed by atoms with van der Waals surface area (Å²) in [7, 11) is 0. The minimum atomic E-state index is -0.793. The van der Waals surface area contributed by atoms with Crippen molar-refractivity contribution in [3.63, 3.8) is 0 Å². The SMILES string of the molecule is O=C(O)CCCCNC(=O)NC1CCCc2ccccc21. The molecule has 2 amide bonds. The Labute approximate surface area is 124 Å². The van der Waals surface area contributed by atoms with Gasteiger partial charge >= 0.3 is 12.0 Å². The van der Waals surface area contributed by atoms with E-state index in [1.54, 1.807) is 0 Å². The average Bonchev–Trinajstić information content (AvgIpc) is 2.47. The lowest BCUT2D eigenvalue weighted by molar-refractivity contribution is -0.137. The molecule has 0 bridgehead atoms. The van der Waals surface area contributed by atoms with Gasteiger partial charge in [0.2, 0.25) is 0 Å². The maximum Gasteiger partial charge on any atom is 0.315 e. The molecule has 0 fully saturated rings. The van der Waals surface area contributed by atoms with Gasteiger partial charge in [-0.1, -0.05) is 24.3 Å². The molecule has 21 heavy (non-hydrogen) atoms. The Kier molecular flexibility index (Phi) is 5.60. The summed E-state index contributed by atoms with van der Waals surface area (Å²) in [5.41, 5.74) is 2.53. The van der Waals surface area contributed by atoms with E-state index < -0.39 is 5.97 Å². The number of benzene rings is 1. The number of carboxylic acids is 1. The summed E-state index contributed by atoms with van der Waals surface area (Å²) < 4.78 is 0. The lowest BCUT2D eigenvalue weighted by Crippen LogP contribution is -2.39. The molecule has 5 heteroatoms. The van der Waals surface area contributed by atoms with E-state index >= 15 is 0 Å². The first-order valence-electron chi connectivity index (χ1n) is 7.51. The fraction of sp³-hybridized carbons (Fsp3) is 0.500. The summed E-state index contributed by atoms with van der Waals surface area (Å²) in [5.74, 6) is -0.793. The van der Waals surface area contributed by atoms with E-state index in [1.807, 2.05) is 12.1 Å². The predicted molar refractivity (Wildman–Crippen MR) is 80.1 cm³/mol. The van der Waals surface area contributed by atoms with E-state index in [2.05, 4.69) is 22.8 Å². The van der Waals surface area contributed by atoms with Crippen molar-refractivity contribution >= 4 is 12.0 Å². The number of carboxylic acid groups (broad SMARTS) is 1. The van der Waals surface area contributed by atoms with Crippen molar-refractivity contribution in [2.24, 2.45) is 0 Å². The van der Waals surface area contributed by atoms with Gasteiger partial charge in [0.1, 0.15) is 0 Å². The van der Waals surface area contributed by atoms with Gasteiger partial charge in [-0.3, -0.25) is 4.79 Å². The average molecular weight is 290 g/mol. The Hall–Kier alpha value is -2.04. The molecule has 114 valence electrons. The number of fused-ring (bicyclic) bond motifs is 1. The number of urea groups is 1. The molecular formula is C16H22N2O3. The lowest BCUT2D eigenvalue weighted by atomic mass is 9.88. The quantitative estimate of drug-likeness (QED) is 0.705. The van der Waals surface area contributed by atoms with E-state index in [-0.39, 0.29) is 18.5 Å². The van der Waals surface area contributed by atoms with Crippen molar-refractivity contribution in [2.45, 2.75) is 44.6 Å². The minimum Gasteiger partial charge on any atom is -0.481 e. The highest BCUT2D eigenvalue weighted by Crippen LogP contribution is 2.29. The van der Waals surface area contributed by atoms with E-state index in [1.165, 1.54) is 11.1 Å². The van der Waals surface area contributed by atoms with Gasteiger partial charge in [0.15, 0.2) is 0 Å². The molecule has 0 aromatic heterocycles. The molecule has 0 saturated carbocycles. The normalized spacial score (nSPS) is 16.9. The van der Waals surface area contributed by atoms with Crippen LogP contribution < -0.4 is 10.6 Å². The standard InChI is InChI=1S/C16H22N2O3/c19-15(20)10-3-4-11-17-16(21)18-14-9-5-7-12-6-1-2-8-13(12)14/h1-2,6,8,14H,3-5,7,9-11H2,(H,19,20)(H2,17,18,21).